The molecule has 1 atom stereocenters. The highest BCUT2D eigenvalue weighted by molar-refractivity contribution is 7.10. The summed E-state index contributed by atoms with van der Waals surface area (Å²) in [4.78, 5) is 16.5. The lowest BCUT2D eigenvalue weighted by molar-refractivity contribution is -0.120. The van der Waals surface area contributed by atoms with Crippen LogP contribution in [0.4, 0.5) is 5.69 Å². The molecule has 4 nitrogen and oxygen atoms in total. The predicted octanol–water partition coefficient (Wildman–Crippen LogP) is 3.79. The minimum atomic E-state index is 0.0407. The number of nitrogens with one attached hydrogen (secondary N) is 1. The Balaban J connectivity index is 1.44. The molecular formula is C23H25N3OS. The van der Waals surface area contributed by atoms with Gasteiger partial charge in [-0.2, -0.15) is 0 Å². The molecule has 3 N–H and O–H groups in total. The van der Waals surface area contributed by atoms with Crippen molar-refractivity contribution < 1.29 is 4.79 Å². The van der Waals surface area contributed by atoms with Gasteiger partial charge in [0.2, 0.25) is 5.91 Å². The van der Waals surface area contributed by atoms with Gasteiger partial charge in [-0.1, -0.05) is 42.5 Å². The Labute approximate surface area is 170 Å². The summed E-state index contributed by atoms with van der Waals surface area (Å²) in [7, 11) is 0. The van der Waals surface area contributed by atoms with Crippen molar-refractivity contribution in [1.29, 1.82) is 0 Å². The summed E-state index contributed by atoms with van der Waals surface area (Å²) in [6.45, 7) is 2.56. The fraction of sp³-hybridized carbons (Fsp3) is 0.261. The molecule has 144 valence electrons. The second kappa shape index (κ2) is 8.59. The van der Waals surface area contributed by atoms with Crippen LogP contribution in [0.2, 0.25) is 0 Å². The number of nitrogen functional groups attached to an aromatic ring is 1. The SMILES string of the molecule is Nc1ccc(CC(=O)NCC(c2ccccc2)N2CCc3sccc3C2)cc1. The molecule has 1 unspecified atom stereocenters. The maximum atomic E-state index is 12.5. The number of carbonyl (C=O) groups is 1. The summed E-state index contributed by atoms with van der Waals surface area (Å²) in [5.74, 6) is 0.0407. The van der Waals surface area contributed by atoms with E-state index >= 15 is 0 Å². The van der Waals surface area contributed by atoms with Gasteiger partial charge in [0, 0.05) is 30.2 Å². The zero-order chi connectivity index (χ0) is 19.3. The summed E-state index contributed by atoms with van der Waals surface area (Å²) in [5, 5.41) is 5.33. The van der Waals surface area contributed by atoms with Gasteiger partial charge in [-0.3, -0.25) is 9.69 Å². The van der Waals surface area contributed by atoms with Crippen LogP contribution < -0.4 is 11.1 Å². The Hall–Kier alpha value is -2.63. The molecule has 4 rings (SSSR count). The summed E-state index contributed by atoms with van der Waals surface area (Å²) in [5.41, 5.74) is 10.1. The summed E-state index contributed by atoms with van der Waals surface area (Å²) in [6, 6.07) is 20.4. The average molecular weight is 392 g/mol. The van der Waals surface area contributed by atoms with Crippen molar-refractivity contribution in [2.24, 2.45) is 0 Å². The van der Waals surface area contributed by atoms with Crippen molar-refractivity contribution in [1.82, 2.24) is 10.2 Å². The molecule has 2 aromatic carbocycles. The van der Waals surface area contributed by atoms with E-state index < -0.39 is 0 Å². The molecule has 0 fully saturated rings. The number of anilines is 1. The number of carbonyl (C=O) groups excluding carboxylic acids is 1. The molecule has 0 radical (unpaired) electrons. The van der Waals surface area contributed by atoms with E-state index in [0.717, 1.165) is 25.1 Å². The first-order valence-corrected chi connectivity index (χ1v) is 10.5. The standard InChI is InChI=1S/C23H25N3OS/c24-20-8-6-17(7-9-20)14-23(27)25-15-21(18-4-2-1-3-5-18)26-12-10-22-19(16-26)11-13-28-22/h1-9,11,13,21H,10,12,14-16,24H2,(H,25,27). The van der Waals surface area contributed by atoms with Gasteiger partial charge in [-0.25, -0.2) is 0 Å². The van der Waals surface area contributed by atoms with E-state index in [1.165, 1.54) is 16.0 Å². The third-order valence-electron chi connectivity index (χ3n) is 5.30. The first-order valence-electron chi connectivity index (χ1n) is 9.64. The lowest BCUT2D eigenvalue weighted by Gasteiger charge is -2.35. The lowest BCUT2D eigenvalue weighted by Crippen LogP contribution is -2.40. The normalized spacial score (nSPS) is 15.0. The second-order valence-electron chi connectivity index (χ2n) is 7.24. The summed E-state index contributed by atoms with van der Waals surface area (Å²) in [6.07, 6.45) is 1.45. The number of thiophene rings is 1. The van der Waals surface area contributed by atoms with E-state index in [4.69, 9.17) is 5.73 Å². The Bertz CT molecular complexity index is 921. The van der Waals surface area contributed by atoms with E-state index in [0.29, 0.717) is 18.7 Å². The smallest absolute Gasteiger partial charge is 0.224 e. The molecule has 1 amide bonds. The zero-order valence-corrected chi connectivity index (χ0v) is 16.6. The van der Waals surface area contributed by atoms with E-state index in [9.17, 15) is 4.79 Å². The number of fused-ring (bicyclic) bond motifs is 1. The monoisotopic (exact) mass is 391 g/mol. The molecule has 0 saturated carbocycles. The van der Waals surface area contributed by atoms with Crippen LogP contribution in [0.1, 0.15) is 27.6 Å². The maximum absolute atomic E-state index is 12.5. The molecule has 3 aromatic rings. The van der Waals surface area contributed by atoms with Gasteiger partial charge >= 0.3 is 0 Å². The highest BCUT2D eigenvalue weighted by Crippen LogP contribution is 2.30. The third-order valence-corrected chi connectivity index (χ3v) is 6.32. The molecule has 0 spiro atoms. The molecule has 0 aliphatic carbocycles. The predicted molar refractivity (Wildman–Crippen MR) is 115 cm³/mol. The minimum absolute atomic E-state index is 0.0407. The van der Waals surface area contributed by atoms with Crippen LogP contribution in [0.15, 0.2) is 66.0 Å². The molecule has 1 aromatic heterocycles. The van der Waals surface area contributed by atoms with Crippen LogP contribution in [0, 0.1) is 0 Å². The maximum Gasteiger partial charge on any atom is 0.224 e. The quantitative estimate of drug-likeness (QED) is 0.629. The Morgan fingerprint density at radius 1 is 1.11 bits per heavy atom. The van der Waals surface area contributed by atoms with Gasteiger partial charge in [0.1, 0.15) is 0 Å². The summed E-state index contributed by atoms with van der Waals surface area (Å²) < 4.78 is 0. The highest BCUT2D eigenvalue weighted by atomic mass is 32.1. The van der Waals surface area contributed by atoms with Gasteiger partial charge in [-0.15, -0.1) is 11.3 Å². The number of rotatable bonds is 6. The van der Waals surface area contributed by atoms with Gasteiger partial charge in [0.05, 0.1) is 12.5 Å². The summed E-state index contributed by atoms with van der Waals surface area (Å²) >= 11 is 1.85. The zero-order valence-electron chi connectivity index (χ0n) is 15.8. The van der Waals surface area contributed by atoms with Crippen molar-refractivity contribution >= 4 is 22.9 Å². The van der Waals surface area contributed by atoms with Crippen LogP contribution in [-0.4, -0.2) is 23.9 Å². The third kappa shape index (κ3) is 4.43. The van der Waals surface area contributed by atoms with Crippen LogP contribution >= 0.6 is 11.3 Å². The topological polar surface area (TPSA) is 58.4 Å². The fourth-order valence-corrected chi connectivity index (χ4v) is 4.65. The number of hydrogen-bond donors (Lipinski definition) is 2. The van der Waals surface area contributed by atoms with Crippen molar-refractivity contribution in [2.75, 3.05) is 18.8 Å². The molecule has 0 bridgehead atoms. The van der Waals surface area contributed by atoms with E-state index in [1.54, 1.807) is 0 Å². The largest absolute Gasteiger partial charge is 0.399 e. The number of benzene rings is 2. The molecule has 1 aliphatic rings. The van der Waals surface area contributed by atoms with Crippen LogP contribution in [0.25, 0.3) is 0 Å². The number of nitrogens with two attached hydrogens (primary N) is 1. The van der Waals surface area contributed by atoms with E-state index in [2.05, 4.69) is 45.9 Å². The fourth-order valence-electron chi connectivity index (χ4n) is 3.76. The Morgan fingerprint density at radius 2 is 1.89 bits per heavy atom. The van der Waals surface area contributed by atoms with Crippen molar-refractivity contribution in [3.05, 3.63) is 87.6 Å². The van der Waals surface area contributed by atoms with Gasteiger partial charge in [0.15, 0.2) is 0 Å². The van der Waals surface area contributed by atoms with E-state index in [-0.39, 0.29) is 11.9 Å². The van der Waals surface area contributed by atoms with Crippen LogP contribution in [0.5, 0.6) is 0 Å². The number of amides is 1. The number of nitrogens with zero attached hydrogens (tertiary/aromatic N) is 1. The first-order chi connectivity index (χ1) is 13.7. The van der Waals surface area contributed by atoms with Gasteiger partial charge in [0.25, 0.3) is 0 Å². The Morgan fingerprint density at radius 3 is 2.68 bits per heavy atom. The van der Waals surface area contributed by atoms with Crippen molar-refractivity contribution in [3.8, 4) is 0 Å². The van der Waals surface area contributed by atoms with Crippen molar-refractivity contribution in [3.63, 3.8) is 0 Å². The molecule has 0 saturated heterocycles. The highest BCUT2D eigenvalue weighted by Gasteiger charge is 2.25. The molecule has 1 aliphatic heterocycles. The van der Waals surface area contributed by atoms with Crippen molar-refractivity contribution in [2.45, 2.75) is 25.4 Å². The Kier molecular flexibility index (Phi) is 5.74. The first kappa shape index (κ1) is 18.7. The van der Waals surface area contributed by atoms with Crippen LogP contribution in [0.3, 0.4) is 0 Å². The molecule has 2 heterocycles. The van der Waals surface area contributed by atoms with E-state index in [1.807, 2.05) is 41.7 Å². The minimum Gasteiger partial charge on any atom is -0.399 e. The molecule has 5 heteroatoms. The molecular weight excluding hydrogens is 366 g/mol. The average Bonchev–Trinajstić information content (AvgIpc) is 3.19. The van der Waals surface area contributed by atoms with Crippen LogP contribution in [-0.2, 0) is 24.2 Å². The van der Waals surface area contributed by atoms with Gasteiger partial charge in [-0.05, 0) is 46.7 Å². The second-order valence-corrected chi connectivity index (χ2v) is 8.24. The lowest BCUT2D eigenvalue weighted by atomic mass is 10.0. The molecule has 28 heavy (non-hydrogen) atoms. The number of hydrogen-bond acceptors (Lipinski definition) is 4. The van der Waals surface area contributed by atoms with Gasteiger partial charge < -0.3 is 11.1 Å².